The largest absolute Gasteiger partial charge is 0.480 e. The maximum atomic E-state index is 12.0. The predicted octanol–water partition coefficient (Wildman–Crippen LogP) is -1.02. The van der Waals surface area contributed by atoms with E-state index < -0.39 is 47.6 Å². The predicted molar refractivity (Wildman–Crippen MR) is 59.8 cm³/mol. The van der Waals surface area contributed by atoms with Gasteiger partial charge in [0.05, 0.1) is 24.5 Å². The van der Waals surface area contributed by atoms with E-state index in [0.29, 0.717) is 0 Å². The zero-order valence-corrected chi connectivity index (χ0v) is 10.6. The van der Waals surface area contributed by atoms with Crippen LogP contribution in [0.15, 0.2) is 0 Å². The number of aliphatic hydroxyl groups excluding tert-OH is 1. The van der Waals surface area contributed by atoms with Crippen molar-refractivity contribution in [1.29, 1.82) is 0 Å². The molecule has 0 aromatic carbocycles. The summed E-state index contributed by atoms with van der Waals surface area (Å²) in [6, 6.07) is -1.58. The van der Waals surface area contributed by atoms with Crippen molar-refractivity contribution >= 4 is 17.8 Å². The lowest BCUT2D eigenvalue weighted by Gasteiger charge is -2.49. The summed E-state index contributed by atoms with van der Waals surface area (Å²) in [7, 11) is 0. The first-order valence-electron chi connectivity index (χ1n) is 6.24. The van der Waals surface area contributed by atoms with Gasteiger partial charge in [-0.1, -0.05) is 0 Å². The molecular formula is C12H15NO6. The summed E-state index contributed by atoms with van der Waals surface area (Å²) in [5, 5.41) is 19.0. The van der Waals surface area contributed by atoms with Crippen molar-refractivity contribution < 1.29 is 29.3 Å². The van der Waals surface area contributed by atoms with Crippen molar-refractivity contribution in [2.45, 2.75) is 44.1 Å². The van der Waals surface area contributed by atoms with Gasteiger partial charge in [-0.25, -0.2) is 4.79 Å². The van der Waals surface area contributed by atoms with E-state index in [2.05, 4.69) is 0 Å². The fourth-order valence-electron chi connectivity index (χ4n) is 3.88. The number of esters is 1. The highest BCUT2D eigenvalue weighted by atomic mass is 16.6. The molecular weight excluding hydrogens is 254 g/mol. The Morgan fingerprint density at radius 2 is 2.16 bits per heavy atom. The molecule has 0 aliphatic carbocycles. The molecule has 0 unspecified atom stereocenters. The van der Waals surface area contributed by atoms with Crippen molar-refractivity contribution in [2.24, 2.45) is 11.8 Å². The summed E-state index contributed by atoms with van der Waals surface area (Å²) in [4.78, 5) is 36.1. The second-order valence-corrected chi connectivity index (χ2v) is 5.71. The normalized spacial score (nSPS) is 45.3. The molecule has 7 heteroatoms. The zero-order chi connectivity index (χ0) is 14.1. The van der Waals surface area contributed by atoms with E-state index in [1.807, 2.05) is 0 Å². The Morgan fingerprint density at radius 3 is 2.68 bits per heavy atom. The van der Waals surface area contributed by atoms with Gasteiger partial charge in [0, 0.05) is 5.92 Å². The molecule has 0 saturated carbocycles. The van der Waals surface area contributed by atoms with Gasteiger partial charge in [-0.15, -0.1) is 0 Å². The highest BCUT2D eigenvalue weighted by molar-refractivity contribution is 5.94. The quantitative estimate of drug-likeness (QED) is 0.491. The SMILES string of the molecule is C[C@@H](O)[C@H]1C(=O)N2[C@@H]1[C@]1(C)OC(=O)C[C@@H]1[C@@H]2C(=O)O. The molecule has 104 valence electrons. The van der Waals surface area contributed by atoms with Crippen LogP contribution < -0.4 is 0 Å². The Kier molecular flexibility index (Phi) is 2.27. The number of hydrogen-bond acceptors (Lipinski definition) is 5. The molecule has 2 N–H and O–H groups in total. The van der Waals surface area contributed by atoms with Gasteiger partial charge in [0.2, 0.25) is 5.91 Å². The third kappa shape index (κ3) is 1.28. The number of carbonyl (C=O) groups is 3. The Hall–Kier alpha value is -1.63. The average Bonchev–Trinajstić information content (AvgIpc) is 2.65. The second-order valence-electron chi connectivity index (χ2n) is 5.71. The summed E-state index contributed by atoms with van der Waals surface area (Å²) >= 11 is 0. The van der Waals surface area contributed by atoms with Crippen LogP contribution in [0, 0.1) is 11.8 Å². The van der Waals surface area contributed by atoms with Gasteiger partial charge in [0.25, 0.3) is 0 Å². The number of aliphatic hydroxyl groups is 1. The first kappa shape index (κ1) is 12.4. The molecule has 1 amide bonds. The Labute approximate surface area is 109 Å². The number of β-lactam (4-membered cyclic amide) rings is 1. The Balaban J connectivity index is 2.04. The molecule has 0 aromatic rings. The number of hydrogen-bond donors (Lipinski definition) is 2. The number of rotatable bonds is 2. The molecule has 3 aliphatic heterocycles. The van der Waals surface area contributed by atoms with Gasteiger partial charge >= 0.3 is 11.9 Å². The van der Waals surface area contributed by atoms with Crippen LogP contribution in [0.4, 0.5) is 0 Å². The van der Waals surface area contributed by atoms with Gasteiger partial charge in [-0.3, -0.25) is 9.59 Å². The minimum atomic E-state index is -1.13. The molecule has 3 saturated heterocycles. The van der Waals surface area contributed by atoms with Crippen LogP contribution in [0.3, 0.4) is 0 Å². The zero-order valence-electron chi connectivity index (χ0n) is 10.6. The van der Waals surface area contributed by atoms with E-state index in [9.17, 15) is 24.6 Å². The molecule has 3 aliphatic rings. The van der Waals surface area contributed by atoms with E-state index >= 15 is 0 Å². The summed E-state index contributed by atoms with van der Waals surface area (Å²) < 4.78 is 5.31. The van der Waals surface area contributed by atoms with Crippen molar-refractivity contribution in [3.63, 3.8) is 0 Å². The van der Waals surface area contributed by atoms with E-state index in [1.165, 1.54) is 11.8 Å². The van der Waals surface area contributed by atoms with Crippen molar-refractivity contribution in [3.8, 4) is 0 Å². The van der Waals surface area contributed by atoms with Crippen LogP contribution in [0.1, 0.15) is 20.3 Å². The van der Waals surface area contributed by atoms with E-state index in [1.54, 1.807) is 6.92 Å². The average molecular weight is 269 g/mol. The number of carbonyl (C=O) groups excluding carboxylic acids is 2. The third-order valence-corrected chi connectivity index (χ3v) is 4.68. The highest BCUT2D eigenvalue weighted by Crippen LogP contribution is 2.55. The fourth-order valence-corrected chi connectivity index (χ4v) is 3.88. The minimum Gasteiger partial charge on any atom is -0.480 e. The maximum Gasteiger partial charge on any atom is 0.326 e. The minimum absolute atomic E-state index is 0.000274. The third-order valence-electron chi connectivity index (χ3n) is 4.68. The van der Waals surface area contributed by atoms with E-state index in [4.69, 9.17) is 4.74 Å². The van der Waals surface area contributed by atoms with Gasteiger partial charge in [-0.2, -0.15) is 0 Å². The molecule has 3 rings (SSSR count). The summed E-state index contributed by atoms with van der Waals surface area (Å²) in [6.45, 7) is 3.15. The molecule has 7 nitrogen and oxygen atoms in total. The number of ether oxygens (including phenoxy) is 1. The molecule has 0 spiro atoms. The Bertz CT molecular complexity index is 489. The first-order valence-corrected chi connectivity index (χ1v) is 6.24. The lowest BCUT2D eigenvalue weighted by Crippen LogP contribution is -2.69. The molecule has 0 aromatic heterocycles. The summed E-state index contributed by atoms with van der Waals surface area (Å²) in [5.74, 6) is -3.19. The smallest absolute Gasteiger partial charge is 0.326 e. The van der Waals surface area contributed by atoms with Gasteiger partial charge in [-0.05, 0) is 13.8 Å². The van der Waals surface area contributed by atoms with Crippen LogP contribution in [-0.2, 0) is 19.1 Å². The lowest BCUT2D eigenvalue weighted by atomic mass is 9.74. The van der Waals surface area contributed by atoms with E-state index in [0.717, 1.165) is 0 Å². The summed E-state index contributed by atoms with van der Waals surface area (Å²) in [6.07, 6.45) is -0.890. The van der Waals surface area contributed by atoms with Crippen molar-refractivity contribution in [2.75, 3.05) is 0 Å². The second kappa shape index (κ2) is 3.47. The number of carboxylic acids is 1. The maximum absolute atomic E-state index is 12.0. The van der Waals surface area contributed by atoms with Crippen LogP contribution in [-0.4, -0.2) is 56.7 Å². The van der Waals surface area contributed by atoms with Crippen LogP contribution in [0.25, 0.3) is 0 Å². The highest BCUT2D eigenvalue weighted by Gasteiger charge is 2.74. The molecule has 6 atom stereocenters. The van der Waals surface area contributed by atoms with Crippen LogP contribution >= 0.6 is 0 Å². The van der Waals surface area contributed by atoms with Gasteiger partial charge in [0.15, 0.2) is 0 Å². The topological polar surface area (TPSA) is 104 Å². The molecule has 3 heterocycles. The fraction of sp³-hybridized carbons (Fsp3) is 0.750. The molecule has 0 bridgehead atoms. The van der Waals surface area contributed by atoms with Crippen LogP contribution in [0.2, 0.25) is 0 Å². The first-order chi connectivity index (χ1) is 8.79. The number of amides is 1. The molecule has 3 fully saturated rings. The van der Waals surface area contributed by atoms with Crippen molar-refractivity contribution in [3.05, 3.63) is 0 Å². The van der Waals surface area contributed by atoms with Gasteiger partial charge < -0.3 is 19.8 Å². The van der Waals surface area contributed by atoms with Crippen molar-refractivity contribution in [1.82, 2.24) is 4.90 Å². The Morgan fingerprint density at radius 1 is 1.53 bits per heavy atom. The number of aliphatic carboxylic acids is 1. The van der Waals surface area contributed by atoms with E-state index in [-0.39, 0.29) is 12.3 Å². The standard InChI is InChI=1S/C12H15NO6/c1-4(14)7-9-12(2)5(3-6(15)19-12)8(11(17)18)13(9)10(7)16/h4-5,7-9,14H,3H2,1-2H3,(H,17,18)/t4-,5-,7-,8-,9+,12-/m1/s1. The molecule has 0 radical (unpaired) electrons. The van der Waals surface area contributed by atoms with Gasteiger partial charge in [0.1, 0.15) is 11.6 Å². The summed E-state index contributed by atoms with van der Waals surface area (Å²) in [5.41, 5.74) is -1.00. The molecule has 19 heavy (non-hydrogen) atoms. The lowest BCUT2D eigenvalue weighted by molar-refractivity contribution is -0.184. The monoisotopic (exact) mass is 269 g/mol. The van der Waals surface area contributed by atoms with Crippen LogP contribution in [0.5, 0.6) is 0 Å². The number of nitrogens with zero attached hydrogens (tertiary/aromatic N) is 1. The number of fused-ring (bicyclic) bond motifs is 3. The number of carboxylic acid groups (broad SMARTS) is 1.